The van der Waals surface area contributed by atoms with Crippen molar-refractivity contribution in [3.05, 3.63) is 64.8 Å². The Morgan fingerprint density at radius 3 is 2.58 bits per heavy atom. The normalized spacial score (nSPS) is 17.4. The van der Waals surface area contributed by atoms with Crippen molar-refractivity contribution in [3.8, 4) is 5.75 Å². The van der Waals surface area contributed by atoms with Gasteiger partial charge in [0.05, 0.1) is 30.8 Å². The van der Waals surface area contributed by atoms with Crippen LogP contribution in [0.2, 0.25) is 0 Å². The number of anilines is 4. The Labute approximate surface area is 259 Å². The lowest BCUT2D eigenvalue weighted by Crippen LogP contribution is -2.51. The Hall–Kier alpha value is -4.18. The fourth-order valence-electron chi connectivity index (χ4n) is 4.79. The van der Waals surface area contributed by atoms with Crippen LogP contribution in [0.1, 0.15) is 33.5 Å². The number of piperidine rings is 1. The second-order valence-corrected chi connectivity index (χ2v) is 12.9. The molecule has 1 aliphatic heterocycles. The predicted octanol–water partition coefficient (Wildman–Crippen LogP) is 4.34. The van der Waals surface area contributed by atoms with E-state index in [2.05, 4.69) is 25.9 Å². The van der Waals surface area contributed by atoms with E-state index < -0.39 is 45.7 Å². The number of rotatable bonds is 10. The molecule has 1 fully saturated rings. The summed E-state index contributed by atoms with van der Waals surface area (Å²) in [7, 11) is 0.872. The van der Waals surface area contributed by atoms with Gasteiger partial charge in [0.25, 0.3) is 5.91 Å². The first-order valence-electron chi connectivity index (χ1n) is 13.9. The summed E-state index contributed by atoms with van der Waals surface area (Å²) in [6.45, 7) is 2.44. The molecule has 0 spiro atoms. The Morgan fingerprint density at radius 2 is 1.93 bits per heavy atom. The highest BCUT2D eigenvalue weighted by molar-refractivity contribution is 7.92. The number of methoxy groups -OCH3 is 1. The number of carbonyl (C=O) groups is 1. The van der Waals surface area contributed by atoms with Crippen molar-refractivity contribution in [2.24, 2.45) is 0 Å². The first-order chi connectivity index (χ1) is 21.1. The van der Waals surface area contributed by atoms with Crippen molar-refractivity contribution in [2.75, 3.05) is 55.5 Å². The van der Waals surface area contributed by atoms with Crippen LogP contribution < -0.4 is 25.0 Å². The van der Waals surface area contributed by atoms with Crippen LogP contribution in [0.5, 0.6) is 5.75 Å². The predicted molar refractivity (Wildman–Crippen MR) is 163 cm³/mol. The molecule has 4 rings (SSSR count). The van der Waals surface area contributed by atoms with E-state index in [0.29, 0.717) is 30.4 Å². The maximum atomic E-state index is 14.4. The summed E-state index contributed by atoms with van der Waals surface area (Å²) >= 11 is 0. The summed E-state index contributed by atoms with van der Waals surface area (Å²) < 4.78 is 86.9. The maximum absolute atomic E-state index is 14.4. The van der Waals surface area contributed by atoms with Crippen LogP contribution in [-0.4, -0.2) is 82.0 Å². The lowest BCUT2D eigenvalue weighted by Gasteiger charge is -2.32. The number of nitrogens with zero attached hydrogens (tertiary/aromatic N) is 4. The van der Waals surface area contributed by atoms with Crippen LogP contribution >= 0.6 is 0 Å². The molecule has 1 amide bonds. The van der Waals surface area contributed by atoms with Gasteiger partial charge in [0.2, 0.25) is 16.0 Å². The quantitative estimate of drug-likeness (QED) is 0.274. The Balaban J connectivity index is 1.57. The number of aryl methyl sites for hydroxylation is 1. The van der Waals surface area contributed by atoms with Crippen LogP contribution in [0.25, 0.3) is 0 Å². The van der Waals surface area contributed by atoms with Gasteiger partial charge in [-0.2, -0.15) is 18.2 Å². The number of aromatic nitrogens is 2. The number of halogens is 4. The third-order valence-corrected chi connectivity index (χ3v) is 8.58. The van der Waals surface area contributed by atoms with Gasteiger partial charge in [-0.15, -0.1) is 0 Å². The van der Waals surface area contributed by atoms with Gasteiger partial charge in [0.1, 0.15) is 23.3 Å². The highest BCUT2D eigenvalue weighted by Gasteiger charge is 2.35. The third kappa shape index (κ3) is 8.30. The molecule has 1 aliphatic rings. The van der Waals surface area contributed by atoms with Gasteiger partial charge < -0.3 is 25.6 Å². The second kappa shape index (κ2) is 13.4. The van der Waals surface area contributed by atoms with Gasteiger partial charge >= 0.3 is 6.18 Å². The fraction of sp³-hybridized carbons (Fsp3) is 0.414. The molecule has 0 aliphatic carbocycles. The number of sulfonamides is 1. The van der Waals surface area contributed by atoms with Gasteiger partial charge in [-0.1, -0.05) is 12.1 Å². The summed E-state index contributed by atoms with van der Waals surface area (Å²) in [6, 6.07) is 8.68. The van der Waals surface area contributed by atoms with E-state index in [1.807, 2.05) is 4.90 Å². The molecular weight excluding hydrogens is 618 g/mol. The standard InChI is InChI=1S/C29H35F4N7O4S/c1-17-6-7-19(24(12-17)40(3)45(5,42)43)14-34-26-20(29(31,32)33)15-35-28(38-26)37-23-9-8-18(13-25(23)44-4)27(41)36-22-10-11-39(2)16-21(22)30/h6-9,12-13,15,21-22H,10-11,14,16H2,1-5H3,(H,36,41)(H2,34,35,37,38)/t21-,22+/m1/s1. The number of alkyl halides is 4. The summed E-state index contributed by atoms with van der Waals surface area (Å²) in [5.74, 6) is -1.06. The molecule has 0 bridgehead atoms. The van der Waals surface area contributed by atoms with Crippen molar-refractivity contribution < 1.29 is 35.5 Å². The lowest BCUT2D eigenvalue weighted by molar-refractivity contribution is -0.137. The topological polar surface area (TPSA) is 129 Å². The Bertz CT molecular complexity index is 1660. The van der Waals surface area contributed by atoms with Gasteiger partial charge in [0, 0.05) is 38.4 Å². The first-order valence-corrected chi connectivity index (χ1v) is 15.7. The molecule has 3 N–H and O–H groups in total. The van der Waals surface area contributed by atoms with E-state index in [-0.39, 0.29) is 36.0 Å². The molecule has 244 valence electrons. The van der Waals surface area contributed by atoms with Gasteiger partial charge in [-0.25, -0.2) is 17.8 Å². The average molecular weight is 654 g/mol. The van der Waals surface area contributed by atoms with E-state index in [1.165, 1.54) is 32.4 Å². The van der Waals surface area contributed by atoms with E-state index in [0.717, 1.165) is 16.1 Å². The minimum atomic E-state index is -4.79. The van der Waals surface area contributed by atoms with Crippen LogP contribution in [0.15, 0.2) is 42.6 Å². The molecule has 16 heteroatoms. The zero-order valence-corrected chi connectivity index (χ0v) is 26.2. The maximum Gasteiger partial charge on any atom is 0.421 e. The highest BCUT2D eigenvalue weighted by Crippen LogP contribution is 2.36. The van der Waals surface area contributed by atoms with E-state index in [1.54, 1.807) is 32.2 Å². The van der Waals surface area contributed by atoms with Crippen LogP contribution in [0, 0.1) is 6.92 Å². The molecule has 2 atom stereocenters. The SMILES string of the molecule is COc1cc(C(=O)N[C@H]2CCN(C)C[C@H]2F)ccc1Nc1ncc(C(F)(F)F)c(NCc2ccc(C)cc2N(C)S(C)(=O)=O)n1. The number of hydrogen-bond donors (Lipinski definition) is 3. The number of nitrogens with one attached hydrogen (secondary N) is 3. The Kier molecular flexibility index (Phi) is 10.1. The van der Waals surface area contributed by atoms with E-state index in [9.17, 15) is 30.8 Å². The summed E-state index contributed by atoms with van der Waals surface area (Å²) in [6.07, 6.45) is -3.90. The molecule has 0 saturated carbocycles. The van der Waals surface area contributed by atoms with E-state index >= 15 is 0 Å². The second-order valence-electron chi connectivity index (χ2n) is 10.9. The number of ether oxygens (including phenoxy) is 1. The Morgan fingerprint density at radius 1 is 1.20 bits per heavy atom. The van der Waals surface area contributed by atoms with E-state index in [4.69, 9.17) is 4.74 Å². The molecule has 0 unspecified atom stereocenters. The number of amides is 1. The third-order valence-electron chi connectivity index (χ3n) is 7.39. The number of benzene rings is 2. The van der Waals surface area contributed by atoms with Crippen LogP contribution in [0.3, 0.4) is 0 Å². The highest BCUT2D eigenvalue weighted by atomic mass is 32.2. The van der Waals surface area contributed by atoms with Crippen molar-refractivity contribution in [3.63, 3.8) is 0 Å². The summed E-state index contributed by atoms with van der Waals surface area (Å²) in [5, 5.41) is 8.20. The minimum absolute atomic E-state index is 0.175. The number of hydrogen-bond acceptors (Lipinski definition) is 9. The first kappa shape index (κ1) is 33.7. The molecule has 1 saturated heterocycles. The summed E-state index contributed by atoms with van der Waals surface area (Å²) in [5.41, 5.74) is 0.824. The molecule has 11 nitrogen and oxygen atoms in total. The molecular formula is C29H35F4N7O4S. The minimum Gasteiger partial charge on any atom is -0.495 e. The largest absolute Gasteiger partial charge is 0.495 e. The van der Waals surface area contributed by atoms with Crippen molar-refractivity contribution in [1.82, 2.24) is 20.2 Å². The van der Waals surface area contributed by atoms with Gasteiger partial charge in [-0.3, -0.25) is 9.10 Å². The van der Waals surface area contributed by atoms with Crippen molar-refractivity contribution in [2.45, 2.75) is 38.3 Å². The molecule has 3 aromatic rings. The monoisotopic (exact) mass is 653 g/mol. The van der Waals surface area contributed by atoms with Crippen molar-refractivity contribution in [1.29, 1.82) is 0 Å². The smallest absolute Gasteiger partial charge is 0.421 e. The molecule has 0 radical (unpaired) electrons. The molecule has 2 heterocycles. The van der Waals surface area contributed by atoms with Crippen LogP contribution in [0.4, 0.5) is 40.7 Å². The van der Waals surface area contributed by atoms with Gasteiger partial charge in [-0.05, 0) is 55.8 Å². The zero-order chi connectivity index (χ0) is 33.1. The summed E-state index contributed by atoms with van der Waals surface area (Å²) in [4.78, 5) is 22.6. The molecule has 45 heavy (non-hydrogen) atoms. The number of likely N-dealkylation sites (tertiary alicyclic amines) is 1. The lowest BCUT2D eigenvalue weighted by atomic mass is 10.0. The van der Waals surface area contributed by atoms with Crippen LogP contribution in [-0.2, 0) is 22.7 Å². The van der Waals surface area contributed by atoms with Gasteiger partial charge in [0.15, 0.2) is 0 Å². The number of carbonyl (C=O) groups excluding carboxylic acids is 1. The molecule has 2 aromatic carbocycles. The molecule has 1 aromatic heterocycles. The average Bonchev–Trinajstić information content (AvgIpc) is 2.96. The van der Waals surface area contributed by atoms with Crippen molar-refractivity contribution >= 4 is 39.1 Å². The zero-order valence-electron chi connectivity index (χ0n) is 25.4. The fourth-order valence-corrected chi connectivity index (χ4v) is 5.31.